The summed E-state index contributed by atoms with van der Waals surface area (Å²) in [6, 6.07) is 8.39. The Morgan fingerprint density at radius 1 is 1.19 bits per heavy atom. The summed E-state index contributed by atoms with van der Waals surface area (Å²) in [6.45, 7) is 8.57. The average molecular weight is 364 g/mol. The van der Waals surface area contributed by atoms with Crippen molar-refractivity contribution in [1.29, 1.82) is 0 Å². The fourth-order valence-corrected chi connectivity index (χ4v) is 2.23. The second kappa shape index (κ2) is 8.03. The molecule has 0 spiro atoms. The molecular weight excluding hydrogens is 345 g/mol. The second-order valence-corrected chi connectivity index (χ2v) is 5.79. The summed E-state index contributed by atoms with van der Waals surface area (Å²) >= 11 is 0. The molecule has 0 radical (unpaired) electrons. The van der Waals surface area contributed by atoms with E-state index in [2.05, 4.69) is 11.6 Å². The van der Waals surface area contributed by atoms with Crippen molar-refractivity contribution in [2.45, 2.75) is 20.0 Å². The smallest absolute Gasteiger partial charge is 0.417 e. The fraction of sp³-hybridized carbons (Fsp3) is 0.263. The van der Waals surface area contributed by atoms with Gasteiger partial charge in [-0.05, 0) is 44.2 Å². The van der Waals surface area contributed by atoms with Crippen LogP contribution >= 0.6 is 0 Å². The lowest BCUT2D eigenvalue weighted by Gasteiger charge is -2.21. The standard InChI is InChI=1S/C19H19F3N2O2/c1-4-24(12-13(2)3)18(25)14-5-8-16(9-6-14)26-17-10-7-15(11-23-17)19(20,21)22/h5-11H,2,4,12H2,1,3H3. The minimum atomic E-state index is -4.44. The zero-order valence-corrected chi connectivity index (χ0v) is 14.5. The maximum absolute atomic E-state index is 12.5. The summed E-state index contributed by atoms with van der Waals surface area (Å²) in [5, 5.41) is 0. The van der Waals surface area contributed by atoms with Gasteiger partial charge in [-0.3, -0.25) is 4.79 Å². The minimum absolute atomic E-state index is 0.0366. The highest BCUT2D eigenvalue weighted by molar-refractivity contribution is 5.94. The zero-order valence-electron chi connectivity index (χ0n) is 14.5. The van der Waals surface area contributed by atoms with Gasteiger partial charge in [-0.15, -0.1) is 0 Å². The summed E-state index contributed by atoms with van der Waals surface area (Å²) < 4.78 is 43.0. The lowest BCUT2D eigenvalue weighted by atomic mass is 10.1. The van der Waals surface area contributed by atoms with Gasteiger partial charge in [-0.2, -0.15) is 13.2 Å². The molecule has 138 valence electrons. The Hall–Kier alpha value is -2.83. The third-order valence-electron chi connectivity index (χ3n) is 3.52. The lowest BCUT2D eigenvalue weighted by molar-refractivity contribution is -0.137. The maximum atomic E-state index is 12.5. The molecule has 0 N–H and O–H groups in total. The molecule has 0 aliphatic carbocycles. The molecule has 0 aliphatic rings. The normalized spacial score (nSPS) is 11.1. The number of amides is 1. The number of carbonyl (C=O) groups excluding carboxylic acids is 1. The van der Waals surface area contributed by atoms with Gasteiger partial charge in [0.05, 0.1) is 5.56 Å². The monoisotopic (exact) mass is 364 g/mol. The number of halogens is 3. The summed E-state index contributed by atoms with van der Waals surface area (Å²) in [5.41, 5.74) is 0.525. The number of aromatic nitrogens is 1. The number of hydrogen-bond acceptors (Lipinski definition) is 3. The number of carbonyl (C=O) groups is 1. The SMILES string of the molecule is C=C(C)CN(CC)C(=O)c1ccc(Oc2ccc(C(F)(F)F)cn2)cc1. The number of nitrogens with zero attached hydrogens (tertiary/aromatic N) is 2. The van der Waals surface area contributed by atoms with Crippen molar-refractivity contribution in [2.75, 3.05) is 13.1 Å². The van der Waals surface area contributed by atoms with Crippen molar-refractivity contribution in [3.63, 3.8) is 0 Å². The van der Waals surface area contributed by atoms with E-state index in [0.29, 0.717) is 30.6 Å². The van der Waals surface area contributed by atoms with Crippen LogP contribution in [0.2, 0.25) is 0 Å². The van der Waals surface area contributed by atoms with Crippen molar-refractivity contribution in [3.05, 3.63) is 65.9 Å². The molecule has 1 aromatic carbocycles. The average Bonchev–Trinajstić information content (AvgIpc) is 2.59. The molecule has 0 unspecified atom stereocenters. The number of hydrogen-bond donors (Lipinski definition) is 0. The van der Waals surface area contributed by atoms with Gasteiger partial charge in [0.25, 0.3) is 5.91 Å². The van der Waals surface area contributed by atoms with Crippen LogP contribution in [0, 0.1) is 0 Å². The van der Waals surface area contributed by atoms with Crippen LogP contribution in [-0.4, -0.2) is 28.9 Å². The first kappa shape index (κ1) is 19.5. The molecule has 0 saturated carbocycles. The summed E-state index contributed by atoms with van der Waals surface area (Å²) in [7, 11) is 0. The highest BCUT2D eigenvalue weighted by Gasteiger charge is 2.30. The van der Waals surface area contributed by atoms with Gasteiger partial charge in [-0.25, -0.2) is 4.98 Å². The van der Waals surface area contributed by atoms with Gasteiger partial charge >= 0.3 is 6.18 Å². The third-order valence-corrected chi connectivity index (χ3v) is 3.52. The van der Waals surface area contributed by atoms with E-state index in [1.165, 1.54) is 0 Å². The maximum Gasteiger partial charge on any atom is 0.417 e. The van der Waals surface area contributed by atoms with Gasteiger partial charge in [-0.1, -0.05) is 12.2 Å². The lowest BCUT2D eigenvalue weighted by Crippen LogP contribution is -2.32. The van der Waals surface area contributed by atoms with Crippen LogP contribution in [-0.2, 0) is 6.18 Å². The van der Waals surface area contributed by atoms with E-state index in [0.717, 1.165) is 17.7 Å². The summed E-state index contributed by atoms with van der Waals surface area (Å²) in [4.78, 5) is 17.7. The predicted molar refractivity (Wildman–Crippen MR) is 92.1 cm³/mol. The summed E-state index contributed by atoms with van der Waals surface area (Å²) in [5.74, 6) is 0.279. The van der Waals surface area contributed by atoms with Crippen LogP contribution in [0.4, 0.5) is 13.2 Å². The van der Waals surface area contributed by atoms with Crippen molar-refractivity contribution in [2.24, 2.45) is 0 Å². The molecule has 26 heavy (non-hydrogen) atoms. The Bertz CT molecular complexity index is 769. The Morgan fingerprint density at radius 2 is 1.85 bits per heavy atom. The molecule has 4 nitrogen and oxygen atoms in total. The first-order valence-electron chi connectivity index (χ1n) is 7.95. The highest BCUT2D eigenvalue weighted by atomic mass is 19.4. The predicted octanol–water partition coefficient (Wildman–Crippen LogP) is 4.93. The van der Waals surface area contributed by atoms with E-state index in [1.54, 1.807) is 29.2 Å². The minimum Gasteiger partial charge on any atom is -0.439 e. The van der Waals surface area contributed by atoms with E-state index < -0.39 is 11.7 Å². The van der Waals surface area contributed by atoms with Crippen LogP contribution in [0.15, 0.2) is 54.7 Å². The number of rotatable bonds is 6. The summed E-state index contributed by atoms with van der Waals surface area (Å²) in [6.07, 6.45) is -3.73. The van der Waals surface area contributed by atoms with Gasteiger partial charge in [0, 0.05) is 30.9 Å². The number of benzene rings is 1. The van der Waals surface area contributed by atoms with Gasteiger partial charge in [0.2, 0.25) is 5.88 Å². The molecule has 2 aromatic rings. The number of likely N-dealkylation sites (N-methyl/N-ethyl adjacent to an activating group) is 1. The van der Waals surface area contributed by atoms with E-state index in [4.69, 9.17) is 4.74 Å². The Labute approximate surface area is 149 Å². The molecule has 1 heterocycles. The van der Waals surface area contributed by atoms with Crippen molar-refractivity contribution < 1.29 is 22.7 Å². The number of pyridine rings is 1. The molecule has 0 aliphatic heterocycles. The quantitative estimate of drug-likeness (QED) is 0.683. The Kier molecular flexibility index (Phi) is 6.02. The van der Waals surface area contributed by atoms with Gasteiger partial charge < -0.3 is 9.64 Å². The number of alkyl halides is 3. The second-order valence-electron chi connectivity index (χ2n) is 5.79. The highest BCUT2D eigenvalue weighted by Crippen LogP contribution is 2.30. The molecule has 1 aromatic heterocycles. The van der Waals surface area contributed by atoms with Crippen molar-refractivity contribution in [1.82, 2.24) is 9.88 Å². The topological polar surface area (TPSA) is 42.4 Å². The van der Waals surface area contributed by atoms with E-state index in [1.807, 2.05) is 13.8 Å². The van der Waals surface area contributed by atoms with E-state index >= 15 is 0 Å². The first-order valence-corrected chi connectivity index (χ1v) is 7.95. The first-order chi connectivity index (χ1) is 12.2. The number of ether oxygens (including phenoxy) is 1. The van der Waals surface area contributed by atoms with Crippen LogP contribution < -0.4 is 4.74 Å². The molecule has 0 saturated heterocycles. The van der Waals surface area contributed by atoms with Crippen LogP contribution in [0.5, 0.6) is 11.6 Å². The van der Waals surface area contributed by atoms with Crippen molar-refractivity contribution in [3.8, 4) is 11.6 Å². The Morgan fingerprint density at radius 3 is 2.31 bits per heavy atom. The van der Waals surface area contributed by atoms with Gasteiger partial charge in [0.15, 0.2) is 0 Å². The molecule has 0 fully saturated rings. The zero-order chi connectivity index (χ0) is 19.3. The molecule has 1 amide bonds. The molecular formula is C19H19F3N2O2. The van der Waals surface area contributed by atoms with Crippen molar-refractivity contribution >= 4 is 5.91 Å². The third kappa shape index (κ3) is 5.08. The molecule has 2 rings (SSSR count). The van der Waals surface area contributed by atoms with Crippen LogP contribution in [0.25, 0.3) is 0 Å². The fourth-order valence-electron chi connectivity index (χ4n) is 2.23. The largest absolute Gasteiger partial charge is 0.439 e. The molecule has 0 bridgehead atoms. The van der Waals surface area contributed by atoms with Crippen LogP contribution in [0.1, 0.15) is 29.8 Å². The molecule has 0 atom stereocenters. The van der Waals surface area contributed by atoms with E-state index in [9.17, 15) is 18.0 Å². The van der Waals surface area contributed by atoms with Gasteiger partial charge in [0.1, 0.15) is 5.75 Å². The van der Waals surface area contributed by atoms with E-state index in [-0.39, 0.29) is 11.8 Å². The Balaban J connectivity index is 2.07. The molecule has 7 heteroatoms. The van der Waals surface area contributed by atoms with Crippen LogP contribution in [0.3, 0.4) is 0 Å².